The summed E-state index contributed by atoms with van der Waals surface area (Å²) < 4.78 is 5.03. The van der Waals surface area contributed by atoms with Crippen molar-refractivity contribution < 1.29 is 9.53 Å². The lowest BCUT2D eigenvalue weighted by Gasteiger charge is -2.03. The first-order valence-corrected chi connectivity index (χ1v) is 5.57. The molecule has 0 aromatic carbocycles. The van der Waals surface area contributed by atoms with Gasteiger partial charge in [-0.1, -0.05) is 25.8 Å². The van der Waals surface area contributed by atoms with E-state index < -0.39 is 0 Å². The lowest BCUT2D eigenvalue weighted by molar-refractivity contribution is -0.143. The van der Waals surface area contributed by atoms with Crippen LogP contribution in [0.15, 0.2) is 12.7 Å². The third-order valence-electron chi connectivity index (χ3n) is 2.05. The van der Waals surface area contributed by atoms with E-state index in [-0.39, 0.29) is 5.97 Å². The zero-order chi connectivity index (χ0) is 10.6. The molecule has 0 N–H and O–H groups in total. The summed E-state index contributed by atoms with van der Waals surface area (Å²) in [6.45, 7) is 6.32. The van der Waals surface area contributed by atoms with Crippen molar-refractivity contribution in [2.75, 3.05) is 6.61 Å². The lowest BCUT2D eigenvalue weighted by Crippen LogP contribution is -2.05. The minimum atomic E-state index is -0.0444. The van der Waals surface area contributed by atoms with E-state index in [1.54, 1.807) is 0 Å². The Morgan fingerprint density at radius 1 is 1.29 bits per heavy atom. The number of unbranched alkanes of at least 4 members (excludes halogenated alkanes) is 4. The summed E-state index contributed by atoms with van der Waals surface area (Å²) >= 11 is 0. The molecule has 0 atom stereocenters. The number of ether oxygens (including phenoxy) is 1. The van der Waals surface area contributed by atoms with E-state index in [4.69, 9.17) is 4.74 Å². The Morgan fingerprint density at radius 2 is 2.07 bits per heavy atom. The molecule has 0 aliphatic carbocycles. The molecule has 0 amide bonds. The van der Waals surface area contributed by atoms with E-state index >= 15 is 0 Å². The van der Waals surface area contributed by atoms with E-state index in [0.717, 1.165) is 38.5 Å². The van der Waals surface area contributed by atoms with Crippen LogP contribution < -0.4 is 0 Å². The minimum Gasteiger partial charge on any atom is -0.466 e. The third-order valence-corrected chi connectivity index (χ3v) is 2.05. The molecule has 2 nitrogen and oxygen atoms in total. The predicted molar refractivity (Wildman–Crippen MR) is 59.1 cm³/mol. The number of esters is 1. The highest BCUT2D eigenvalue weighted by Crippen LogP contribution is 2.04. The van der Waals surface area contributed by atoms with E-state index in [0.29, 0.717) is 13.0 Å². The summed E-state index contributed by atoms with van der Waals surface area (Å²) in [4.78, 5) is 11.1. The molecule has 0 fully saturated rings. The van der Waals surface area contributed by atoms with Gasteiger partial charge in [-0.3, -0.25) is 4.79 Å². The fourth-order valence-corrected chi connectivity index (χ4v) is 1.14. The Bertz CT molecular complexity index is 152. The first kappa shape index (κ1) is 13.2. The van der Waals surface area contributed by atoms with E-state index in [9.17, 15) is 4.79 Å². The molecule has 0 aliphatic heterocycles. The van der Waals surface area contributed by atoms with Crippen molar-refractivity contribution in [2.24, 2.45) is 0 Å². The maximum atomic E-state index is 11.1. The standard InChI is InChI=1S/C12H22O2/c1-3-5-7-8-9-10-12(13)14-11-6-4-2/h3H,1,4-11H2,2H3. The van der Waals surface area contributed by atoms with Gasteiger partial charge in [-0.25, -0.2) is 0 Å². The minimum absolute atomic E-state index is 0.0444. The molecule has 0 radical (unpaired) electrons. The molecular weight excluding hydrogens is 176 g/mol. The molecule has 0 saturated carbocycles. The van der Waals surface area contributed by atoms with Crippen LogP contribution in [0.3, 0.4) is 0 Å². The van der Waals surface area contributed by atoms with Crippen LogP contribution in [-0.2, 0) is 9.53 Å². The lowest BCUT2D eigenvalue weighted by atomic mass is 10.1. The van der Waals surface area contributed by atoms with Gasteiger partial charge in [-0.05, 0) is 25.7 Å². The van der Waals surface area contributed by atoms with Crippen LogP contribution in [0.25, 0.3) is 0 Å². The van der Waals surface area contributed by atoms with Gasteiger partial charge >= 0.3 is 5.97 Å². The molecule has 2 heteroatoms. The Balaban J connectivity index is 3.14. The average Bonchev–Trinajstić information content (AvgIpc) is 2.18. The van der Waals surface area contributed by atoms with Crippen molar-refractivity contribution in [3.05, 3.63) is 12.7 Å². The quantitative estimate of drug-likeness (QED) is 0.322. The fourth-order valence-electron chi connectivity index (χ4n) is 1.14. The van der Waals surface area contributed by atoms with Crippen molar-refractivity contribution in [1.29, 1.82) is 0 Å². The second-order valence-electron chi connectivity index (χ2n) is 3.46. The highest BCUT2D eigenvalue weighted by Gasteiger charge is 2.00. The van der Waals surface area contributed by atoms with Gasteiger partial charge in [0.15, 0.2) is 0 Å². The van der Waals surface area contributed by atoms with Gasteiger partial charge in [0.1, 0.15) is 0 Å². The highest BCUT2D eigenvalue weighted by atomic mass is 16.5. The van der Waals surface area contributed by atoms with Gasteiger partial charge in [-0.2, -0.15) is 0 Å². The van der Waals surface area contributed by atoms with Crippen LogP contribution in [0.2, 0.25) is 0 Å². The molecule has 0 aromatic rings. The molecule has 14 heavy (non-hydrogen) atoms. The number of hydrogen-bond acceptors (Lipinski definition) is 2. The van der Waals surface area contributed by atoms with Crippen LogP contribution >= 0.6 is 0 Å². The monoisotopic (exact) mass is 198 g/mol. The summed E-state index contributed by atoms with van der Waals surface area (Å²) in [5, 5.41) is 0. The summed E-state index contributed by atoms with van der Waals surface area (Å²) in [7, 11) is 0. The predicted octanol–water partition coefficient (Wildman–Crippen LogP) is 3.47. The summed E-state index contributed by atoms with van der Waals surface area (Å²) in [5.41, 5.74) is 0. The average molecular weight is 198 g/mol. The van der Waals surface area contributed by atoms with E-state index in [2.05, 4.69) is 13.5 Å². The van der Waals surface area contributed by atoms with Crippen LogP contribution in [0.4, 0.5) is 0 Å². The second-order valence-corrected chi connectivity index (χ2v) is 3.46. The summed E-state index contributed by atoms with van der Waals surface area (Å²) in [6.07, 6.45) is 8.75. The van der Waals surface area contributed by atoms with Crippen molar-refractivity contribution in [3.8, 4) is 0 Å². The fraction of sp³-hybridized carbons (Fsp3) is 0.750. The number of hydrogen-bond donors (Lipinski definition) is 0. The molecule has 0 aromatic heterocycles. The third kappa shape index (κ3) is 9.30. The molecule has 0 bridgehead atoms. The van der Waals surface area contributed by atoms with Gasteiger partial charge in [0, 0.05) is 6.42 Å². The van der Waals surface area contributed by atoms with Crippen LogP contribution in [0, 0.1) is 0 Å². The number of rotatable bonds is 9. The Labute approximate surface area is 87.3 Å². The molecule has 0 aliphatic rings. The van der Waals surface area contributed by atoms with Gasteiger partial charge in [0.05, 0.1) is 6.61 Å². The van der Waals surface area contributed by atoms with E-state index in [1.165, 1.54) is 0 Å². The number of carbonyl (C=O) groups is 1. The largest absolute Gasteiger partial charge is 0.466 e. The first-order valence-electron chi connectivity index (χ1n) is 5.57. The van der Waals surface area contributed by atoms with Gasteiger partial charge in [-0.15, -0.1) is 6.58 Å². The zero-order valence-corrected chi connectivity index (χ0v) is 9.26. The summed E-state index contributed by atoms with van der Waals surface area (Å²) in [6, 6.07) is 0. The Hall–Kier alpha value is -0.790. The number of carbonyl (C=O) groups excluding carboxylic acids is 1. The van der Waals surface area contributed by atoms with Crippen LogP contribution in [0.5, 0.6) is 0 Å². The normalized spacial score (nSPS) is 9.79. The Morgan fingerprint density at radius 3 is 2.71 bits per heavy atom. The molecule has 0 rings (SSSR count). The highest BCUT2D eigenvalue weighted by molar-refractivity contribution is 5.69. The zero-order valence-electron chi connectivity index (χ0n) is 9.26. The smallest absolute Gasteiger partial charge is 0.305 e. The van der Waals surface area contributed by atoms with Crippen molar-refractivity contribution >= 4 is 5.97 Å². The van der Waals surface area contributed by atoms with Gasteiger partial charge < -0.3 is 4.74 Å². The maximum absolute atomic E-state index is 11.1. The molecule has 0 heterocycles. The van der Waals surface area contributed by atoms with E-state index in [1.807, 2.05) is 6.08 Å². The van der Waals surface area contributed by atoms with Gasteiger partial charge in [0.2, 0.25) is 0 Å². The topological polar surface area (TPSA) is 26.3 Å². The van der Waals surface area contributed by atoms with Crippen LogP contribution in [-0.4, -0.2) is 12.6 Å². The van der Waals surface area contributed by atoms with Crippen molar-refractivity contribution in [3.63, 3.8) is 0 Å². The first-order chi connectivity index (χ1) is 6.81. The summed E-state index contributed by atoms with van der Waals surface area (Å²) in [5.74, 6) is -0.0444. The second kappa shape index (κ2) is 10.3. The molecular formula is C12H22O2. The van der Waals surface area contributed by atoms with Crippen molar-refractivity contribution in [2.45, 2.75) is 51.9 Å². The maximum Gasteiger partial charge on any atom is 0.305 e. The van der Waals surface area contributed by atoms with Gasteiger partial charge in [0.25, 0.3) is 0 Å². The number of allylic oxidation sites excluding steroid dienone is 1. The SMILES string of the molecule is C=CCCCCCC(=O)OCCCC. The van der Waals surface area contributed by atoms with Crippen molar-refractivity contribution in [1.82, 2.24) is 0 Å². The molecule has 0 unspecified atom stereocenters. The molecule has 82 valence electrons. The molecule has 0 spiro atoms. The molecule has 0 saturated heterocycles. The van der Waals surface area contributed by atoms with Crippen LogP contribution in [0.1, 0.15) is 51.9 Å². The Kier molecular flexibility index (Phi) is 9.71.